The van der Waals surface area contributed by atoms with E-state index in [9.17, 15) is 9.59 Å². The third kappa shape index (κ3) is 3.65. The van der Waals surface area contributed by atoms with Crippen molar-refractivity contribution in [1.82, 2.24) is 4.90 Å². The molecule has 2 aliphatic rings. The standard InChI is InChI=1S/C20H21N3O2/c24-19(15-5-6-15)21-17-7-9-18(10-8-17)22-20(25)23-12-11-14-3-1-2-4-16(14)13-23/h1-4,7-10,15H,5-6,11-13H2,(H,21,24)(H,22,25). The van der Waals surface area contributed by atoms with E-state index in [1.807, 2.05) is 41.3 Å². The van der Waals surface area contributed by atoms with Gasteiger partial charge in [0, 0.05) is 30.4 Å². The molecule has 1 heterocycles. The maximum Gasteiger partial charge on any atom is 0.322 e. The maximum atomic E-state index is 12.5. The molecule has 0 spiro atoms. The summed E-state index contributed by atoms with van der Waals surface area (Å²) in [6, 6.07) is 15.4. The van der Waals surface area contributed by atoms with Gasteiger partial charge in [0.15, 0.2) is 0 Å². The third-order valence-electron chi connectivity index (χ3n) is 4.77. The summed E-state index contributed by atoms with van der Waals surface area (Å²) in [5.41, 5.74) is 4.03. The molecule has 1 aliphatic carbocycles. The number of benzene rings is 2. The van der Waals surface area contributed by atoms with Crippen LogP contribution in [0, 0.1) is 5.92 Å². The van der Waals surface area contributed by atoms with Gasteiger partial charge in [-0.25, -0.2) is 4.79 Å². The third-order valence-corrected chi connectivity index (χ3v) is 4.77. The summed E-state index contributed by atoms with van der Waals surface area (Å²) >= 11 is 0. The zero-order chi connectivity index (χ0) is 17.2. The number of nitrogens with zero attached hydrogens (tertiary/aromatic N) is 1. The van der Waals surface area contributed by atoms with Crippen LogP contribution in [0.1, 0.15) is 24.0 Å². The lowest BCUT2D eigenvalue weighted by molar-refractivity contribution is -0.117. The summed E-state index contributed by atoms with van der Waals surface area (Å²) in [7, 11) is 0. The molecule has 3 amide bonds. The van der Waals surface area contributed by atoms with Crippen molar-refractivity contribution in [2.45, 2.75) is 25.8 Å². The highest BCUT2D eigenvalue weighted by molar-refractivity contribution is 5.94. The lowest BCUT2D eigenvalue weighted by Crippen LogP contribution is -2.38. The summed E-state index contributed by atoms with van der Waals surface area (Å²) in [6.45, 7) is 1.36. The van der Waals surface area contributed by atoms with E-state index in [2.05, 4.69) is 22.8 Å². The van der Waals surface area contributed by atoms with Crippen LogP contribution in [0.5, 0.6) is 0 Å². The second-order valence-electron chi connectivity index (χ2n) is 6.71. The molecule has 5 heteroatoms. The normalized spacial score (nSPS) is 16.1. The van der Waals surface area contributed by atoms with Crippen LogP contribution >= 0.6 is 0 Å². The number of amides is 3. The molecule has 0 radical (unpaired) electrons. The van der Waals surface area contributed by atoms with Crippen LogP contribution in [0.15, 0.2) is 48.5 Å². The molecule has 1 saturated carbocycles. The van der Waals surface area contributed by atoms with Crippen LogP contribution in [0.3, 0.4) is 0 Å². The molecule has 0 atom stereocenters. The molecule has 25 heavy (non-hydrogen) atoms. The largest absolute Gasteiger partial charge is 0.326 e. The monoisotopic (exact) mass is 335 g/mol. The lowest BCUT2D eigenvalue weighted by atomic mass is 10.0. The average molecular weight is 335 g/mol. The number of rotatable bonds is 3. The highest BCUT2D eigenvalue weighted by Crippen LogP contribution is 2.30. The Kier molecular flexibility index (Phi) is 4.14. The number of nitrogens with one attached hydrogen (secondary N) is 2. The van der Waals surface area contributed by atoms with E-state index < -0.39 is 0 Å². The van der Waals surface area contributed by atoms with Gasteiger partial charge in [0.25, 0.3) is 0 Å². The van der Waals surface area contributed by atoms with E-state index >= 15 is 0 Å². The van der Waals surface area contributed by atoms with Crippen LogP contribution in [-0.4, -0.2) is 23.4 Å². The van der Waals surface area contributed by atoms with E-state index in [1.165, 1.54) is 11.1 Å². The molecule has 0 unspecified atom stereocenters. The molecule has 2 aromatic rings. The topological polar surface area (TPSA) is 61.4 Å². The number of urea groups is 1. The van der Waals surface area contributed by atoms with Crippen molar-refractivity contribution < 1.29 is 9.59 Å². The molecule has 0 saturated heterocycles. The van der Waals surface area contributed by atoms with Gasteiger partial charge >= 0.3 is 6.03 Å². The molecule has 1 fully saturated rings. The zero-order valence-electron chi connectivity index (χ0n) is 14.0. The number of carbonyl (C=O) groups excluding carboxylic acids is 2. The molecule has 4 rings (SSSR count). The van der Waals surface area contributed by atoms with Gasteiger partial charge in [-0.2, -0.15) is 0 Å². The van der Waals surface area contributed by atoms with E-state index in [0.29, 0.717) is 6.54 Å². The Morgan fingerprint density at radius 1 is 0.880 bits per heavy atom. The SMILES string of the molecule is O=C(Nc1ccc(NC(=O)N2CCc3ccccc3C2)cc1)C1CC1. The molecule has 1 aliphatic heterocycles. The predicted molar refractivity (Wildman–Crippen MR) is 97.4 cm³/mol. The minimum atomic E-state index is -0.0933. The van der Waals surface area contributed by atoms with Crippen LogP contribution < -0.4 is 10.6 Å². The summed E-state index contributed by atoms with van der Waals surface area (Å²) in [6.07, 6.45) is 2.85. The molecule has 2 aromatic carbocycles. The molecular formula is C20H21N3O2. The van der Waals surface area contributed by atoms with Gasteiger partial charge in [0.2, 0.25) is 5.91 Å². The molecule has 5 nitrogen and oxygen atoms in total. The first-order valence-corrected chi connectivity index (χ1v) is 8.73. The summed E-state index contributed by atoms with van der Waals surface area (Å²) in [5, 5.41) is 5.83. The Hall–Kier alpha value is -2.82. The smallest absolute Gasteiger partial charge is 0.322 e. The van der Waals surface area contributed by atoms with Crippen molar-refractivity contribution in [1.29, 1.82) is 0 Å². The van der Waals surface area contributed by atoms with Gasteiger partial charge in [-0.05, 0) is 54.7 Å². The van der Waals surface area contributed by atoms with Crippen LogP contribution in [0.4, 0.5) is 16.2 Å². The quantitative estimate of drug-likeness (QED) is 0.900. The second-order valence-corrected chi connectivity index (χ2v) is 6.71. The van der Waals surface area contributed by atoms with Crippen molar-refractivity contribution in [3.63, 3.8) is 0 Å². The lowest BCUT2D eigenvalue weighted by Gasteiger charge is -2.29. The van der Waals surface area contributed by atoms with E-state index in [0.717, 1.165) is 37.2 Å². The first kappa shape index (κ1) is 15.7. The molecule has 0 bridgehead atoms. The fourth-order valence-electron chi connectivity index (χ4n) is 3.10. The average Bonchev–Trinajstić information content (AvgIpc) is 3.48. The summed E-state index contributed by atoms with van der Waals surface area (Å²) < 4.78 is 0. The van der Waals surface area contributed by atoms with Crippen molar-refractivity contribution in [2.75, 3.05) is 17.2 Å². The van der Waals surface area contributed by atoms with Crippen molar-refractivity contribution in [3.8, 4) is 0 Å². The van der Waals surface area contributed by atoms with Gasteiger partial charge in [0.1, 0.15) is 0 Å². The van der Waals surface area contributed by atoms with Crippen LogP contribution in [-0.2, 0) is 17.8 Å². The van der Waals surface area contributed by atoms with Gasteiger partial charge in [-0.1, -0.05) is 24.3 Å². The first-order valence-electron chi connectivity index (χ1n) is 8.73. The molecule has 128 valence electrons. The number of hydrogen-bond acceptors (Lipinski definition) is 2. The van der Waals surface area contributed by atoms with E-state index in [1.54, 1.807) is 0 Å². The van der Waals surface area contributed by atoms with Crippen molar-refractivity contribution in [3.05, 3.63) is 59.7 Å². The molecule has 2 N–H and O–H groups in total. The van der Waals surface area contributed by atoms with Gasteiger partial charge < -0.3 is 15.5 Å². The zero-order valence-corrected chi connectivity index (χ0v) is 14.0. The molecular weight excluding hydrogens is 314 g/mol. The van der Waals surface area contributed by atoms with Gasteiger partial charge in [0.05, 0.1) is 0 Å². The van der Waals surface area contributed by atoms with Crippen LogP contribution in [0.2, 0.25) is 0 Å². The Morgan fingerprint density at radius 3 is 2.20 bits per heavy atom. The van der Waals surface area contributed by atoms with E-state index in [-0.39, 0.29) is 17.9 Å². The Morgan fingerprint density at radius 2 is 1.52 bits per heavy atom. The van der Waals surface area contributed by atoms with Crippen LogP contribution in [0.25, 0.3) is 0 Å². The van der Waals surface area contributed by atoms with Gasteiger partial charge in [-0.15, -0.1) is 0 Å². The highest BCUT2D eigenvalue weighted by atomic mass is 16.2. The fraction of sp³-hybridized carbons (Fsp3) is 0.300. The minimum Gasteiger partial charge on any atom is -0.326 e. The van der Waals surface area contributed by atoms with Crippen molar-refractivity contribution >= 4 is 23.3 Å². The Labute approximate surface area is 147 Å². The Balaban J connectivity index is 1.35. The predicted octanol–water partition coefficient (Wildman–Crippen LogP) is 3.63. The van der Waals surface area contributed by atoms with E-state index in [4.69, 9.17) is 0 Å². The fourth-order valence-corrected chi connectivity index (χ4v) is 3.10. The van der Waals surface area contributed by atoms with Crippen molar-refractivity contribution in [2.24, 2.45) is 5.92 Å². The number of fused-ring (bicyclic) bond motifs is 1. The first-order chi connectivity index (χ1) is 12.2. The van der Waals surface area contributed by atoms with Gasteiger partial charge in [-0.3, -0.25) is 4.79 Å². The highest BCUT2D eigenvalue weighted by Gasteiger charge is 2.29. The molecule has 0 aromatic heterocycles. The minimum absolute atomic E-state index is 0.0868. The number of anilines is 2. The second kappa shape index (κ2) is 6.59. The number of hydrogen-bond donors (Lipinski definition) is 2. The maximum absolute atomic E-state index is 12.5. The summed E-state index contributed by atoms with van der Waals surface area (Å²) in [4.78, 5) is 26.1. The Bertz CT molecular complexity index is 797. The summed E-state index contributed by atoms with van der Waals surface area (Å²) in [5.74, 6) is 0.269. The number of carbonyl (C=O) groups is 2.